The van der Waals surface area contributed by atoms with Crippen LogP contribution in [0, 0.1) is 5.92 Å². The predicted octanol–water partition coefficient (Wildman–Crippen LogP) is 5.60. The van der Waals surface area contributed by atoms with E-state index >= 15 is 0 Å². The van der Waals surface area contributed by atoms with Gasteiger partial charge in [-0.1, -0.05) is 62.4 Å². The van der Waals surface area contributed by atoms with Gasteiger partial charge in [0, 0.05) is 30.5 Å². The Kier molecular flexibility index (Phi) is 10.1. The highest BCUT2D eigenvalue weighted by atomic mass is 35.5. The van der Waals surface area contributed by atoms with Crippen molar-refractivity contribution in [3.05, 3.63) is 78.0 Å². The van der Waals surface area contributed by atoms with Gasteiger partial charge in [-0.2, -0.15) is 0 Å². The average Bonchev–Trinajstić information content (AvgIpc) is 2.68. The fourth-order valence-corrected chi connectivity index (χ4v) is 3.41. The highest BCUT2D eigenvalue weighted by Crippen LogP contribution is 2.33. The van der Waals surface area contributed by atoms with Crippen LogP contribution in [-0.2, 0) is 4.79 Å². The van der Waals surface area contributed by atoms with E-state index < -0.39 is 6.04 Å². The smallest absolute Gasteiger partial charge is 0.241 e. The van der Waals surface area contributed by atoms with Gasteiger partial charge in [-0.05, 0) is 41.7 Å². The van der Waals surface area contributed by atoms with E-state index in [2.05, 4.69) is 79.8 Å². The van der Waals surface area contributed by atoms with E-state index in [0.717, 1.165) is 11.3 Å². The molecule has 0 bridgehead atoms. The van der Waals surface area contributed by atoms with Crippen molar-refractivity contribution in [3.8, 4) is 0 Å². The van der Waals surface area contributed by atoms with Gasteiger partial charge in [0.1, 0.15) is 0 Å². The standard InChI is InChI=1S/C24H29N3O.2ClH/c1-17(2)16-22(25)24(28)26-20-12-9-18(10-13-20)8-11-19-14-15-27(3)23-7-5-4-6-21(19)23;;/h4-15,17,19,22H,16,25H2,1-3H3,(H,26,28);2*1H/b11-8+;;/t19?,22-;;/m1../s1. The SMILES string of the molecule is CC(C)C[C@@H](N)C(=O)Nc1ccc(/C=C/C2C=CN(C)c3ccccc32)cc1.Cl.Cl. The van der Waals surface area contributed by atoms with Crippen LogP contribution in [0.2, 0.25) is 0 Å². The maximum absolute atomic E-state index is 12.1. The second-order valence-corrected chi connectivity index (χ2v) is 7.74. The second-order valence-electron chi connectivity index (χ2n) is 7.74. The molecular weight excluding hydrogens is 417 g/mol. The van der Waals surface area contributed by atoms with Crippen LogP contribution in [0.5, 0.6) is 0 Å². The van der Waals surface area contributed by atoms with Gasteiger partial charge in [0.2, 0.25) is 5.91 Å². The van der Waals surface area contributed by atoms with Gasteiger partial charge in [0.25, 0.3) is 0 Å². The Morgan fingerprint density at radius 1 is 1.13 bits per heavy atom. The third-order valence-corrected chi connectivity index (χ3v) is 4.93. The molecule has 0 radical (unpaired) electrons. The molecule has 1 unspecified atom stereocenters. The molecule has 1 aliphatic rings. The van der Waals surface area contributed by atoms with Gasteiger partial charge >= 0.3 is 0 Å². The van der Waals surface area contributed by atoms with E-state index in [4.69, 9.17) is 5.73 Å². The van der Waals surface area contributed by atoms with Crippen LogP contribution in [0.3, 0.4) is 0 Å². The number of hydrogen-bond donors (Lipinski definition) is 2. The number of nitrogens with zero attached hydrogens (tertiary/aromatic N) is 1. The van der Waals surface area contributed by atoms with Crippen LogP contribution < -0.4 is 16.0 Å². The number of rotatable bonds is 6. The quantitative estimate of drug-likeness (QED) is 0.605. The summed E-state index contributed by atoms with van der Waals surface area (Å²) in [5, 5.41) is 2.89. The van der Waals surface area contributed by atoms with E-state index in [0.29, 0.717) is 12.3 Å². The number of benzene rings is 2. The molecule has 3 N–H and O–H groups in total. The maximum atomic E-state index is 12.1. The van der Waals surface area contributed by atoms with E-state index in [1.165, 1.54) is 11.3 Å². The van der Waals surface area contributed by atoms with Crippen molar-refractivity contribution >= 4 is 48.2 Å². The molecule has 2 atom stereocenters. The first-order valence-electron chi connectivity index (χ1n) is 9.79. The fourth-order valence-electron chi connectivity index (χ4n) is 3.41. The maximum Gasteiger partial charge on any atom is 0.241 e. The number of carbonyl (C=O) groups is 1. The summed E-state index contributed by atoms with van der Waals surface area (Å²) >= 11 is 0. The number of allylic oxidation sites excluding steroid dienone is 2. The number of anilines is 2. The van der Waals surface area contributed by atoms with Crippen molar-refractivity contribution in [1.29, 1.82) is 0 Å². The van der Waals surface area contributed by atoms with Gasteiger partial charge in [0.05, 0.1) is 6.04 Å². The van der Waals surface area contributed by atoms with Gasteiger partial charge in [-0.15, -0.1) is 24.8 Å². The number of amides is 1. The molecule has 3 rings (SSSR count). The lowest BCUT2D eigenvalue weighted by Gasteiger charge is -2.26. The van der Waals surface area contributed by atoms with Crippen molar-refractivity contribution in [2.75, 3.05) is 17.3 Å². The van der Waals surface area contributed by atoms with Crippen LogP contribution in [-0.4, -0.2) is 19.0 Å². The number of halogens is 2. The molecule has 2 aromatic rings. The number of nitrogens with one attached hydrogen (secondary N) is 1. The lowest BCUT2D eigenvalue weighted by molar-refractivity contribution is -0.117. The topological polar surface area (TPSA) is 58.4 Å². The zero-order valence-corrected chi connectivity index (χ0v) is 19.2. The summed E-state index contributed by atoms with van der Waals surface area (Å²) in [6.07, 6.45) is 9.31. The zero-order chi connectivity index (χ0) is 20.1. The monoisotopic (exact) mass is 447 g/mol. The summed E-state index contributed by atoms with van der Waals surface area (Å²) in [5.41, 5.74) is 10.3. The van der Waals surface area contributed by atoms with E-state index in [1.807, 2.05) is 24.3 Å². The first-order valence-corrected chi connectivity index (χ1v) is 9.79. The Morgan fingerprint density at radius 3 is 2.47 bits per heavy atom. The summed E-state index contributed by atoms with van der Waals surface area (Å²) in [6, 6.07) is 15.8. The number of carbonyl (C=O) groups excluding carboxylic acids is 1. The zero-order valence-electron chi connectivity index (χ0n) is 17.6. The van der Waals surface area contributed by atoms with E-state index in [9.17, 15) is 4.79 Å². The Bertz CT molecular complexity index is 878. The van der Waals surface area contributed by atoms with Crippen molar-refractivity contribution in [2.24, 2.45) is 11.7 Å². The molecule has 0 fully saturated rings. The first-order chi connectivity index (χ1) is 13.4. The summed E-state index contributed by atoms with van der Waals surface area (Å²) in [7, 11) is 2.06. The Labute approximate surface area is 192 Å². The highest BCUT2D eigenvalue weighted by molar-refractivity contribution is 5.94. The minimum atomic E-state index is -0.476. The van der Waals surface area contributed by atoms with Crippen molar-refractivity contribution in [3.63, 3.8) is 0 Å². The van der Waals surface area contributed by atoms with E-state index in [-0.39, 0.29) is 36.6 Å². The molecule has 4 nitrogen and oxygen atoms in total. The number of nitrogens with two attached hydrogens (primary N) is 1. The fraction of sp³-hybridized carbons (Fsp3) is 0.292. The Morgan fingerprint density at radius 2 is 1.80 bits per heavy atom. The van der Waals surface area contributed by atoms with Crippen LogP contribution in [0.25, 0.3) is 6.08 Å². The molecule has 0 aromatic heterocycles. The normalized spacial score (nSPS) is 15.9. The van der Waals surface area contributed by atoms with E-state index in [1.54, 1.807) is 0 Å². The van der Waals surface area contributed by atoms with Crippen LogP contribution >= 0.6 is 24.8 Å². The van der Waals surface area contributed by atoms with Crippen LogP contribution in [0.4, 0.5) is 11.4 Å². The summed E-state index contributed by atoms with van der Waals surface area (Å²) in [5.74, 6) is 0.512. The molecule has 1 amide bonds. The Balaban J connectivity index is 0.00000225. The lowest BCUT2D eigenvalue weighted by Crippen LogP contribution is -2.36. The molecule has 0 spiro atoms. The third kappa shape index (κ3) is 6.63. The molecule has 0 saturated carbocycles. The number of fused-ring (bicyclic) bond motifs is 1. The lowest BCUT2D eigenvalue weighted by atomic mass is 9.93. The van der Waals surface area contributed by atoms with Crippen molar-refractivity contribution in [1.82, 2.24) is 0 Å². The molecule has 2 aromatic carbocycles. The van der Waals surface area contributed by atoms with Crippen LogP contribution in [0.15, 0.2) is 66.9 Å². The second kappa shape index (κ2) is 11.8. The first kappa shape index (κ1) is 25.8. The van der Waals surface area contributed by atoms with Gasteiger partial charge in [0.15, 0.2) is 0 Å². The Hall–Kier alpha value is -2.27. The molecule has 30 heavy (non-hydrogen) atoms. The third-order valence-electron chi connectivity index (χ3n) is 4.93. The summed E-state index contributed by atoms with van der Waals surface area (Å²) in [4.78, 5) is 14.3. The molecule has 1 heterocycles. The van der Waals surface area contributed by atoms with Crippen molar-refractivity contribution in [2.45, 2.75) is 32.2 Å². The predicted molar refractivity (Wildman–Crippen MR) is 133 cm³/mol. The minimum absolute atomic E-state index is 0. The number of hydrogen-bond acceptors (Lipinski definition) is 3. The summed E-state index contributed by atoms with van der Waals surface area (Å²) < 4.78 is 0. The molecule has 0 saturated heterocycles. The largest absolute Gasteiger partial charge is 0.351 e. The minimum Gasteiger partial charge on any atom is -0.351 e. The van der Waals surface area contributed by atoms with Gasteiger partial charge < -0.3 is 16.0 Å². The average molecular weight is 448 g/mol. The summed E-state index contributed by atoms with van der Waals surface area (Å²) in [6.45, 7) is 4.12. The van der Waals surface area contributed by atoms with Crippen LogP contribution in [0.1, 0.15) is 37.3 Å². The number of para-hydroxylation sites is 1. The molecular formula is C24H31Cl2N3O. The molecule has 6 heteroatoms. The molecule has 0 aliphatic carbocycles. The van der Waals surface area contributed by atoms with Gasteiger partial charge in [-0.25, -0.2) is 0 Å². The molecule has 1 aliphatic heterocycles. The molecule has 162 valence electrons. The van der Waals surface area contributed by atoms with Crippen molar-refractivity contribution < 1.29 is 4.79 Å². The van der Waals surface area contributed by atoms with Gasteiger partial charge in [-0.3, -0.25) is 4.79 Å². The highest BCUT2D eigenvalue weighted by Gasteiger charge is 2.16.